The van der Waals surface area contributed by atoms with Gasteiger partial charge in [-0.1, -0.05) is 6.07 Å². The van der Waals surface area contributed by atoms with Crippen molar-refractivity contribution in [2.45, 2.75) is 39.1 Å². The Bertz CT molecular complexity index is 1170. The minimum absolute atomic E-state index is 0.0224. The molecule has 0 saturated heterocycles. The van der Waals surface area contributed by atoms with Crippen LogP contribution in [0, 0.1) is 11.6 Å². The molecule has 0 aliphatic carbocycles. The van der Waals surface area contributed by atoms with Gasteiger partial charge >= 0.3 is 6.18 Å². The van der Waals surface area contributed by atoms with Crippen molar-refractivity contribution in [3.05, 3.63) is 64.7 Å². The summed E-state index contributed by atoms with van der Waals surface area (Å²) in [7, 11) is -3.91. The summed E-state index contributed by atoms with van der Waals surface area (Å²) in [6.45, 7) is 4.71. The number of alkyl halides is 3. The summed E-state index contributed by atoms with van der Waals surface area (Å²) in [5.74, 6) is -3.10. The summed E-state index contributed by atoms with van der Waals surface area (Å²) >= 11 is 0. The molecule has 0 radical (unpaired) electrons. The highest BCUT2D eigenvalue weighted by Gasteiger charge is 2.31. The maximum atomic E-state index is 14.2. The quantitative estimate of drug-likeness (QED) is 0.389. The third kappa shape index (κ3) is 7.72. The average molecular weight is 506 g/mol. The first-order valence-corrected chi connectivity index (χ1v) is 11.8. The average Bonchev–Trinajstić information content (AvgIpc) is 2.67. The first-order chi connectivity index (χ1) is 15.6. The van der Waals surface area contributed by atoms with Gasteiger partial charge in [0, 0.05) is 11.6 Å². The lowest BCUT2D eigenvalue weighted by molar-refractivity contribution is -0.137. The molecule has 2 aromatic rings. The molecule has 34 heavy (non-hydrogen) atoms. The number of benzene rings is 2. The number of sulfonamides is 1. The van der Waals surface area contributed by atoms with Crippen molar-refractivity contribution in [2.24, 2.45) is 0 Å². The molecule has 1 atom stereocenters. The summed E-state index contributed by atoms with van der Waals surface area (Å²) in [5.41, 5.74) is -1.51. The van der Waals surface area contributed by atoms with Crippen molar-refractivity contribution < 1.29 is 39.9 Å². The molecule has 2 rings (SSSR count). The number of carbonyl (C=O) groups is 1. The first kappa shape index (κ1) is 27.1. The second kappa shape index (κ2) is 10.4. The van der Waals surface area contributed by atoms with E-state index in [4.69, 9.17) is 4.74 Å². The molecule has 0 saturated carbocycles. The number of halogens is 5. The minimum Gasteiger partial charge on any atom is -0.490 e. The zero-order valence-corrected chi connectivity index (χ0v) is 19.4. The van der Waals surface area contributed by atoms with Gasteiger partial charge in [-0.3, -0.25) is 9.52 Å². The molecule has 6 nitrogen and oxygen atoms in total. The number of ether oxygens (including phenoxy) is 1. The summed E-state index contributed by atoms with van der Waals surface area (Å²) in [4.78, 5) is 12.3. The van der Waals surface area contributed by atoms with E-state index in [0.717, 1.165) is 42.7 Å². The number of rotatable bonds is 8. The Kier molecular flexibility index (Phi) is 8.30. The van der Waals surface area contributed by atoms with E-state index >= 15 is 0 Å². The summed E-state index contributed by atoms with van der Waals surface area (Å²) in [6, 6.07) is 3.70. The van der Waals surface area contributed by atoms with E-state index in [1.807, 2.05) is 0 Å². The fraction of sp³-hybridized carbons (Fsp3) is 0.318. The Hall–Kier alpha value is -3.15. The maximum Gasteiger partial charge on any atom is 0.416 e. The topological polar surface area (TPSA) is 84.5 Å². The highest BCUT2D eigenvalue weighted by molar-refractivity contribution is 7.92. The predicted octanol–water partition coefficient (Wildman–Crippen LogP) is 5.03. The van der Waals surface area contributed by atoms with Gasteiger partial charge < -0.3 is 10.1 Å². The van der Waals surface area contributed by atoms with Gasteiger partial charge in [-0.2, -0.15) is 13.2 Å². The van der Waals surface area contributed by atoms with Gasteiger partial charge in [0.15, 0.2) is 11.6 Å². The van der Waals surface area contributed by atoms with Crippen molar-refractivity contribution in [1.29, 1.82) is 0 Å². The second-order valence-corrected chi connectivity index (χ2v) is 9.46. The number of amides is 1. The van der Waals surface area contributed by atoms with E-state index in [-0.39, 0.29) is 16.9 Å². The van der Waals surface area contributed by atoms with Crippen molar-refractivity contribution in [1.82, 2.24) is 5.32 Å². The second-order valence-electron chi connectivity index (χ2n) is 7.71. The predicted molar refractivity (Wildman–Crippen MR) is 118 cm³/mol. The van der Waals surface area contributed by atoms with Gasteiger partial charge in [-0.15, -0.1) is 0 Å². The number of nitrogens with one attached hydrogen (secondary N) is 2. The van der Waals surface area contributed by atoms with Crippen LogP contribution in [0.1, 0.15) is 43.5 Å². The fourth-order valence-electron chi connectivity index (χ4n) is 2.84. The van der Waals surface area contributed by atoms with E-state index < -0.39 is 57.1 Å². The SMILES string of the molecule is CC(C)Oc1cc(C(F)(F)F)ccc1C=CC(=O)N[C@H](C)c1cc(F)c(NS(C)(=O)=O)c(F)c1. The number of carbonyl (C=O) groups excluding carboxylic acids is 1. The van der Waals surface area contributed by atoms with Gasteiger partial charge in [-0.25, -0.2) is 17.2 Å². The summed E-state index contributed by atoms with van der Waals surface area (Å²) in [6.07, 6.45) is -1.96. The Balaban J connectivity index is 2.20. The lowest BCUT2D eigenvalue weighted by Gasteiger charge is -2.16. The fourth-order valence-corrected chi connectivity index (χ4v) is 3.41. The third-order valence-corrected chi connectivity index (χ3v) is 4.90. The molecular weight excluding hydrogens is 483 g/mol. The van der Waals surface area contributed by atoms with E-state index in [1.54, 1.807) is 18.6 Å². The zero-order valence-electron chi connectivity index (χ0n) is 18.6. The Morgan fingerprint density at radius 1 is 1.06 bits per heavy atom. The summed E-state index contributed by atoms with van der Waals surface area (Å²) < 4.78 is 97.0. The van der Waals surface area contributed by atoms with E-state index in [1.165, 1.54) is 13.0 Å². The van der Waals surface area contributed by atoms with E-state index in [0.29, 0.717) is 0 Å². The molecule has 2 aromatic carbocycles. The number of hydrogen-bond donors (Lipinski definition) is 2. The number of anilines is 1. The lowest BCUT2D eigenvalue weighted by Crippen LogP contribution is -2.25. The van der Waals surface area contributed by atoms with Crippen LogP contribution < -0.4 is 14.8 Å². The first-order valence-electron chi connectivity index (χ1n) is 9.90. The molecule has 0 fully saturated rings. The van der Waals surface area contributed by atoms with Crippen LogP contribution in [0.3, 0.4) is 0 Å². The van der Waals surface area contributed by atoms with E-state index in [2.05, 4.69) is 5.32 Å². The van der Waals surface area contributed by atoms with Crippen LogP contribution in [0.25, 0.3) is 6.08 Å². The molecule has 0 aliphatic heterocycles. The van der Waals surface area contributed by atoms with Crippen molar-refractivity contribution in [2.75, 3.05) is 11.0 Å². The molecule has 1 amide bonds. The molecule has 0 bridgehead atoms. The molecular formula is C22H23F5N2O4S. The minimum atomic E-state index is -4.57. The molecule has 0 aromatic heterocycles. The van der Waals surface area contributed by atoms with Crippen LogP contribution in [0.5, 0.6) is 5.75 Å². The molecule has 12 heteroatoms. The van der Waals surface area contributed by atoms with Gasteiger partial charge in [0.25, 0.3) is 0 Å². The van der Waals surface area contributed by atoms with Gasteiger partial charge in [0.1, 0.15) is 11.4 Å². The van der Waals surface area contributed by atoms with Gasteiger partial charge in [0.05, 0.1) is 24.0 Å². The van der Waals surface area contributed by atoms with E-state index in [9.17, 15) is 35.2 Å². The maximum absolute atomic E-state index is 14.2. The van der Waals surface area contributed by atoms with Crippen LogP contribution in [-0.2, 0) is 21.0 Å². The molecule has 0 spiro atoms. The molecule has 0 heterocycles. The summed E-state index contributed by atoms with van der Waals surface area (Å²) in [5, 5.41) is 2.47. The van der Waals surface area contributed by atoms with Crippen LogP contribution >= 0.6 is 0 Å². The van der Waals surface area contributed by atoms with Crippen LogP contribution in [-0.4, -0.2) is 26.7 Å². The molecule has 0 aliphatic rings. The highest BCUT2D eigenvalue weighted by atomic mass is 32.2. The monoisotopic (exact) mass is 506 g/mol. The zero-order chi connectivity index (χ0) is 25.8. The van der Waals surface area contributed by atoms with Crippen molar-refractivity contribution in [3.8, 4) is 5.75 Å². The van der Waals surface area contributed by atoms with Crippen LogP contribution in [0.15, 0.2) is 36.4 Å². The molecule has 186 valence electrons. The smallest absolute Gasteiger partial charge is 0.416 e. The van der Waals surface area contributed by atoms with Crippen molar-refractivity contribution in [3.63, 3.8) is 0 Å². The largest absolute Gasteiger partial charge is 0.490 e. The number of hydrogen-bond acceptors (Lipinski definition) is 4. The third-order valence-electron chi connectivity index (χ3n) is 4.33. The standard InChI is InChI=1S/C22H23F5N2O4S/c1-12(2)33-19-11-16(22(25,26)27)7-5-14(19)6-8-20(30)28-13(3)15-9-17(23)21(18(24)10-15)29-34(4,31)32/h5-13,29H,1-4H3,(H,28,30)/t13-/m1/s1. The van der Waals surface area contributed by atoms with Crippen LogP contribution in [0.2, 0.25) is 0 Å². The highest BCUT2D eigenvalue weighted by Crippen LogP contribution is 2.34. The molecule has 0 unspecified atom stereocenters. The van der Waals surface area contributed by atoms with Crippen molar-refractivity contribution >= 4 is 27.7 Å². The Morgan fingerprint density at radius 3 is 2.15 bits per heavy atom. The molecule has 2 N–H and O–H groups in total. The van der Waals surface area contributed by atoms with Gasteiger partial charge in [-0.05, 0) is 56.7 Å². The Morgan fingerprint density at radius 2 is 1.65 bits per heavy atom. The lowest BCUT2D eigenvalue weighted by atomic mass is 10.1. The van der Waals surface area contributed by atoms with Gasteiger partial charge in [0.2, 0.25) is 15.9 Å². The Labute approximate surface area is 193 Å². The van der Waals surface area contributed by atoms with Crippen LogP contribution in [0.4, 0.5) is 27.6 Å². The normalized spacial score (nSPS) is 13.2.